The molecule has 1 aliphatic rings. The second kappa shape index (κ2) is 13.2. The first-order valence-electron chi connectivity index (χ1n) is 19.0. The summed E-state index contributed by atoms with van der Waals surface area (Å²) in [6, 6.07) is 68.1. The predicted molar refractivity (Wildman–Crippen MR) is 227 cm³/mol. The van der Waals surface area contributed by atoms with E-state index >= 15 is 0 Å². The van der Waals surface area contributed by atoms with E-state index in [-0.39, 0.29) is 5.92 Å². The van der Waals surface area contributed by atoms with Gasteiger partial charge in [-0.1, -0.05) is 170 Å². The van der Waals surface area contributed by atoms with Crippen LogP contribution in [0.4, 0.5) is 0 Å². The molecule has 0 N–H and O–H groups in total. The Kier molecular flexibility index (Phi) is 7.52. The molecule has 0 fully saturated rings. The molecule has 1 unspecified atom stereocenters. The van der Waals surface area contributed by atoms with E-state index in [9.17, 15) is 0 Å². The molecule has 0 radical (unpaired) electrons. The minimum Gasteiger partial charge on any atom is -0.456 e. The van der Waals surface area contributed by atoms with Gasteiger partial charge in [-0.25, -0.2) is 15.0 Å². The SMILES string of the molecule is c1ccc(-c2cc(-c3ccccc3)c3c(c2)C(c2cccc4oc5cccc(-c6nc(-c7ccccc7)nc(-c7ccccc7)n6)c5c24)c2ccccc2-3)cc1. The molecule has 56 heavy (non-hydrogen) atoms. The Morgan fingerprint density at radius 2 is 0.821 bits per heavy atom. The van der Waals surface area contributed by atoms with Crippen molar-refractivity contribution in [2.75, 3.05) is 0 Å². The summed E-state index contributed by atoms with van der Waals surface area (Å²) in [4.78, 5) is 15.3. The second-order valence-electron chi connectivity index (χ2n) is 14.3. The first-order chi connectivity index (χ1) is 27.8. The number of aromatic nitrogens is 3. The average molecular weight is 716 g/mol. The van der Waals surface area contributed by atoms with Crippen molar-refractivity contribution in [1.82, 2.24) is 15.0 Å². The zero-order valence-electron chi connectivity index (χ0n) is 30.3. The molecule has 10 aromatic rings. The highest BCUT2D eigenvalue weighted by Crippen LogP contribution is 2.55. The molecule has 1 aliphatic carbocycles. The molecule has 11 rings (SSSR count). The minimum absolute atomic E-state index is 0.0528. The lowest BCUT2D eigenvalue weighted by atomic mass is 9.84. The maximum absolute atomic E-state index is 6.74. The maximum Gasteiger partial charge on any atom is 0.164 e. The molecule has 0 amide bonds. The molecule has 0 saturated carbocycles. The molecule has 0 saturated heterocycles. The normalized spacial score (nSPS) is 13.2. The molecule has 8 aromatic carbocycles. The first-order valence-corrected chi connectivity index (χ1v) is 19.0. The number of hydrogen-bond acceptors (Lipinski definition) is 4. The standard InChI is InChI=1S/C52H33N3O/c1-5-17-33(18-6-1)37-31-42(34-19-7-2-8-20-34)47-39-26-14-13-25-38(39)46(43(47)32-37)40-27-15-29-44-48(40)49-41(28-16-30-45(49)56-44)52-54-50(35-21-9-3-10-22-35)53-51(55-52)36-23-11-4-12-24-36/h1-32,46H. The highest BCUT2D eigenvalue weighted by atomic mass is 16.3. The van der Waals surface area contributed by atoms with Gasteiger partial charge in [0, 0.05) is 33.4 Å². The summed E-state index contributed by atoms with van der Waals surface area (Å²) in [6.07, 6.45) is 0. The topological polar surface area (TPSA) is 51.8 Å². The molecule has 0 spiro atoms. The second-order valence-corrected chi connectivity index (χ2v) is 14.3. The van der Waals surface area contributed by atoms with E-state index in [0.29, 0.717) is 17.5 Å². The fraction of sp³-hybridized carbons (Fsp3) is 0.0192. The highest BCUT2D eigenvalue weighted by Gasteiger charge is 2.35. The molecule has 0 bridgehead atoms. The van der Waals surface area contributed by atoms with Crippen LogP contribution in [-0.2, 0) is 0 Å². The molecular formula is C52H33N3O. The van der Waals surface area contributed by atoms with E-state index in [1.807, 2.05) is 66.7 Å². The smallest absolute Gasteiger partial charge is 0.164 e. The van der Waals surface area contributed by atoms with Crippen LogP contribution < -0.4 is 0 Å². The number of fused-ring (bicyclic) bond motifs is 6. The zero-order chi connectivity index (χ0) is 37.0. The summed E-state index contributed by atoms with van der Waals surface area (Å²) in [5, 5.41) is 2.07. The Balaban J connectivity index is 1.19. The largest absolute Gasteiger partial charge is 0.456 e. The lowest BCUT2D eigenvalue weighted by Crippen LogP contribution is -2.02. The van der Waals surface area contributed by atoms with Gasteiger partial charge in [-0.15, -0.1) is 0 Å². The van der Waals surface area contributed by atoms with Crippen LogP contribution in [0, 0.1) is 0 Å². The lowest BCUT2D eigenvalue weighted by molar-refractivity contribution is 0.668. The summed E-state index contributed by atoms with van der Waals surface area (Å²) >= 11 is 0. The predicted octanol–water partition coefficient (Wildman–Crippen LogP) is 13.3. The fourth-order valence-corrected chi connectivity index (χ4v) is 8.56. The van der Waals surface area contributed by atoms with E-state index in [0.717, 1.165) is 38.6 Å². The van der Waals surface area contributed by atoms with Crippen molar-refractivity contribution in [3.05, 3.63) is 211 Å². The van der Waals surface area contributed by atoms with Gasteiger partial charge in [0.05, 0.1) is 0 Å². The maximum atomic E-state index is 6.74. The van der Waals surface area contributed by atoms with E-state index < -0.39 is 0 Å². The summed E-state index contributed by atoms with van der Waals surface area (Å²) in [6.45, 7) is 0. The van der Waals surface area contributed by atoms with E-state index in [2.05, 4.69) is 127 Å². The molecule has 1 atom stereocenters. The van der Waals surface area contributed by atoms with Crippen LogP contribution in [0.15, 0.2) is 199 Å². The van der Waals surface area contributed by atoms with Crippen LogP contribution in [0.2, 0.25) is 0 Å². The van der Waals surface area contributed by atoms with Crippen molar-refractivity contribution in [1.29, 1.82) is 0 Å². The monoisotopic (exact) mass is 715 g/mol. The number of benzene rings is 8. The van der Waals surface area contributed by atoms with Gasteiger partial charge in [0.1, 0.15) is 11.2 Å². The number of nitrogens with zero attached hydrogens (tertiary/aromatic N) is 3. The van der Waals surface area contributed by atoms with Crippen LogP contribution in [0.5, 0.6) is 0 Å². The molecular weight excluding hydrogens is 683 g/mol. The molecule has 2 aromatic heterocycles. The molecule has 262 valence electrons. The number of rotatable bonds is 6. The van der Waals surface area contributed by atoms with Crippen molar-refractivity contribution in [3.8, 4) is 67.5 Å². The van der Waals surface area contributed by atoms with E-state index in [1.54, 1.807) is 0 Å². The van der Waals surface area contributed by atoms with Crippen molar-refractivity contribution >= 4 is 21.9 Å². The summed E-state index contributed by atoms with van der Waals surface area (Å²) < 4.78 is 6.74. The highest BCUT2D eigenvalue weighted by molar-refractivity contribution is 6.14. The van der Waals surface area contributed by atoms with Gasteiger partial charge in [-0.3, -0.25) is 0 Å². The molecule has 4 heteroatoms. The van der Waals surface area contributed by atoms with Crippen LogP contribution in [-0.4, -0.2) is 15.0 Å². The third kappa shape index (κ3) is 5.26. The summed E-state index contributed by atoms with van der Waals surface area (Å²) in [7, 11) is 0. The fourth-order valence-electron chi connectivity index (χ4n) is 8.56. The van der Waals surface area contributed by atoms with Gasteiger partial charge < -0.3 is 4.42 Å². The minimum atomic E-state index is -0.0528. The third-order valence-electron chi connectivity index (χ3n) is 11.0. The average Bonchev–Trinajstić information content (AvgIpc) is 3.83. The van der Waals surface area contributed by atoms with Gasteiger partial charge in [0.2, 0.25) is 0 Å². The van der Waals surface area contributed by atoms with Crippen molar-refractivity contribution in [2.24, 2.45) is 0 Å². The lowest BCUT2D eigenvalue weighted by Gasteiger charge is -2.19. The van der Waals surface area contributed by atoms with Crippen molar-refractivity contribution in [2.45, 2.75) is 5.92 Å². The Hall–Kier alpha value is -7.43. The number of hydrogen-bond donors (Lipinski definition) is 0. The van der Waals surface area contributed by atoms with E-state index in [4.69, 9.17) is 19.4 Å². The molecule has 4 nitrogen and oxygen atoms in total. The third-order valence-corrected chi connectivity index (χ3v) is 11.0. The van der Waals surface area contributed by atoms with Crippen LogP contribution in [0.25, 0.3) is 89.5 Å². The van der Waals surface area contributed by atoms with Crippen molar-refractivity contribution in [3.63, 3.8) is 0 Å². The first kappa shape index (κ1) is 32.0. The Morgan fingerprint density at radius 3 is 1.48 bits per heavy atom. The van der Waals surface area contributed by atoms with Crippen LogP contribution in [0.3, 0.4) is 0 Å². The van der Waals surface area contributed by atoms with Gasteiger partial charge in [0.25, 0.3) is 0 Å². The van der Waals surface area contributed by atoms with Gasteiger partial charge >= 0.3 is 0 Å². The van der Waals surface area contributed by atoms with Crippen LogP contribution in [0.1, 0.15) is 22.6 Å². The Bertz CT molecular complexity index is 3010. The quantitative estimate of drug-likeness (QED) is 0.172. The Labute approximate surface area is 324 Å². The summed E-state index contributed by atoms with van der Waals surface area (Å²) in [5.74, 6) is 1.80. The van der Waals surface area contributed by atoms with Crippen LogP contribution >= 0.6 is 0 Å². The van der Waals surface area contributed by atoms with Gasteiger partial charge in [0.15, 0.2) is 17.5 Å². The zero-order valence-corrected chi connectivity index (χ0v) is 30.3. The van der Waals surface area contributed by atoms with Crippen molar-refractivity contribution < 1.29 is 4.42 Å². The summed E-state index contributed by atoms with van der Waals surface area (Å²) in [5.41, 5.74) is 15.5. The van der Waals surface area contributed by atoms with Gasteiger partial charge in [-0.05, 0) is 74.3 Å². The number of furan rings is 1. The molecule has 2 heterocycles. The molecule has 0 aliphatic heterocycles. The Morgan fingerprint density at radius 1 is 0.321 bits per heavy atom. The van der Waals surface area contributed by atoms with E-state index in [1.165, 1.54) is 50.1 Å². The van der Waals surface area contributed by atoms with Gasteiger partial charge in [-0.2, -0.15) is 0 Å².